The van der Waals surface area contributed by atoms with Gasteiger partial charge in [-0.2, -0.15) is 5.10 Å². The average molecular weight is 405 g/mol. The lowest BCUT2D eigenvalue weighted by atomic mass is 10.0. The molecule has 156 valence electrons. The topological polar surface area (TPSA) is 65.4 Å². The van der Waals surface area contributed by atoms with Gasteiger partial charge in [-0.15, -0.1) is 0 Å². The second kappa shape index (κ2) is 8.61. The first kappa shape index (κ1) is 20.0. The van der Waals surface area contributed by atoms with Crippen LogP contribution >= 0.6 is 0 Å². The number of ether oxygens (including phenoxy) is 2. The Labute approximate surface area is 176 Å². The molecule has 2 aromatic carbocycles. The number of carbonyl (C=O) groups excluding carboxylic acids is 1. The summed E-state index contributed by atoms with van der Waals surface area (Å²) in [5.41, 5.74) is 4.89. The molecule has 0 bridgehead atoms. The molecule has 1 N–H and O–H groups in total. The second-order valence-corrected chi connectivity index (χ2v) is 7.62. The highest BCUT2D eigenvalue weighted by Gasteiger charge is 2.18. The zero-order valence-corrected chi connectivity index (χ0v) is 17.6. The van der Waals surface area contributed by atoms with E-state index >= 15 is 0 Å². The minimum atomic E-state index is -0.0947. The maximum absolute atomic E-state index is 12.8. The van der Waals surface area contributed by atoms with Gasteiger partial charge in [0.1, 0.15) is 13.2 Å². The monoisotopic (exact) mass is 405 g/mol. The average Bonchev–Trinajstić information content (AvgIpc) is 3.08. The van der Waals surface area contributed by atoms with E-state index in [1.807, 2.05) is 61.0 Å². The molecule has 1 amide bonds. The molecule has 3 aromatic rings. The van der Waals surface area contributed by atoms with Gasteiger partial charge < -0.3 is 14.8 Å². The van der Waals surface area contributed by atoms with Gasteiger partial charge in [-0.1, -0.05) is 25.1 Å². The summed E-state index contributed by atoms with van der Waals surface area (Å²) in [6.07, 6.45) is 0.779. The second-order valence-electron chi connectivity index (χ2n) is 7.62. The van der Waals surface area contributed by atoms with E-state index in [9.17, 15) is 4.79 Å². The van der Waals surface area contributed by atoms with Crippen LogP contribution in [-0.4, -0.2) is 28.9 Å². The highest BCUT2D eigenvalue weighted by molar-refractivity contribution is 5.94. The number of benzene rings is 2. The van der Waals surface area contributed by atoms with Gasteiger partial charge in [0.15, 0.2) is 11.5 Å². The van der Waals surface area contributed by atoms with Gasteiger partial charge in [0.25, 0.3) is 5.91 Å². The quantitative estimate of drug-likeness (QED) is 0.668. The van der Waals surface area contributed by atoms with Crippen molar-refractivity contribution in [3.05, 3.63) is 76.6 Å². The predicted octanol–water partition coefficient (Wildman–Crippen LogP) is 4.20. The molecule has 1 aliphatic rings. The molecule has 0 fully saturated rings. The van der Waals surface area contributed by atoms with Gasteiger partial charge >= 0.3 is 0 Å². The molecule has 4 rings (SSSR count). The molecule has 30 heavy (non-hydrogen) atoms. The molecule has 1 aliphatic heterocycles. The van der Waals surface area contributed by atoms with Gasteiger partial charge in [-0.05, 0) is 61.7 Å². The Hall–Kier alpha value is -3.28. The third-order valence-corrected chi connectivity index (χ3v) is 5.33. The summed E-state index contributed by atoms with van der Waals surface area (Å²) >= 11 is 0. The van der Waals surface area contributed by atoms with Gasteiger partial charge in [0.2, 0.25) is 0 Å². The van der Waals surface area contributed by atoms with Crippen molar-refractivity contribution in [2.75, 3.05) is 13.2 Å². The summed E-state index contributed by atoms with van der Waals surface area (Å²) in [5, 5.41) is 7.63. The van der Waals surface area contributed by atoms with Crippen molar-refractivity contribution in [3.8, 4) is 11.5 Å². The van der Waals surface area contributed by atoms with E-state index in [0.29, 0.717) is 25.3 Å². The lowest BCUT2D eigenvalue weighted by Crippen LogP contribution is -2.28. The maximum atomic E-state index is 12.8. The van der Waals surface area contributed by atoms with E-state index in [2.05, 4.69) is 23.4 Å². The van der Waals surface area contributed by atoms with E-state index in [1.165, 1.54) is 0 Å². The van der Waals surface area contributed by atoms with E-state index in [1.54, 1.807) is 0 Å². The number of aryl methyl sites for hydroxylation is 2. The summed E-state index contributed by atoms with van der Waals surface area (Å²) < 4.78 is 13.2. The van der Waals surface area contributed by atoms with Crippen LogP contribution in [-0.2, 0) is 6.54 Å². The van der Waals surface area contributed by atoms with E-state index in [4.69, 9.17) is 9.47 Å². The number of rotatable bonds is 6. The van der Waals surface area contributed by atoms with Crippen LogP contribution in [0.15, 0.2) is 48.5 Å². The van der Waals surface area contributed by atoms with Crippen molar-refractivity contribution in [2.24, 2.45) is 0 Å². The van der Waals surface area contributed by atoms with Crippen molar-refractivity contribution in [1.29, 1.82) is 0 Å². The molecule has 0 spiro atoms. The summed E-state index contributed by atoms with van der Waals surface area (Å²) in [7, 11) is 0. The molecular weight excluding hydrogens is 378 g/mol. The highest BCUT2D eigenvalue weighted by atomic mass is 16.6. The number of nitrogens with one attached hydrogen (secondary N) is 1. The van der Waals surface area contributed by atoms with Crippen LogP contribution in [0.4, 0.5) is 0 Å². The molecule has 0 saturated heterocycles. The van der Waals surface area contributed by atoms with Crippen molar-refractivity contribution < 1.29 is 14.3 Å². The Morgan fingerprint density at radius 3 is 2.47 bits per heavy atom. The number of amides is 1. The Kier molecular flexibility index (Phi) is 5.74. The third kappa shape index (κ3) is 4.32. The smallest absolute Gasteiger partial charge is 0.251 e. The fraction of sp³-hybridized carbons (Fsp3) is 0.333. The molecule has 2 heterocycles. The fourth-order valence-electron chi connectivity index (χ4n) is 3.71. The van der Waals surface area contributed by atoms with Crippen LogP contribution in [0.25, 0.3) is 0 Å². The van der Waals surface area contributed by atoms with Crippen LogP contribution in [0.5, 0.6) is 11.5 Å². The van der Waals surface area contributed by atoms with Crippen molar-refractivity contribution in [1.82, 2.24) is 15.1 Å². The van der Waals surface area contributed by atoms with Gasteiger partial charge in [-0.25, -0.2) is 0 Å². The first-order chi connectivity index (χ1) is 14.5. The summed E-state index contributed by atoms with van der Waals surface area (Å²) in [6.45, 7) is 7.89. The molecule has 0 aliphatic carbocycles. The summed E-state index contributed by atoms with van der Waals surface area (Å²) in [5.74, 6) is 1.40. The summed E-state index contributed by atoms with van der Waals surface area (Å²) in [4.78, 5) is 12.8. The minimum Gasteiger partial charge on any atom is -0.486 e. The van der Waals surface area contributed by atoms with E-state index < -0.39 is 0 Å². The number of nitrogens with zero attached hydrogens (tertiary/aromatic N) is 2. The zero-order chi connectivity index (χ0) is 21.1. The van der Waals surface area contributed by atoms with Gasteiger partial charge in [0, 0.05) is 11.3 Å². The van der Waals surface area contributed by atoms with Crippen LogP contribution in [0.2, 0.25) is 0 Å². The molecule has 0 saturated carbocycles. The molecule has 0 radical (unpaired) electrons. The van der Waals surface area contributed by atoms with Crippen LogP contribution in [0.3, 0.4) is 0 Å². The number of hydrogen-bond acceptors (Lipinski definition) is 4. The number of hydrogen-bond donors (Lipinski definition) is 1. The Bertz CT molecular complexity index is 1040. The number of aromatic nitrogens is 2. The van der Waals surface area contributed by atoms with Crippen LogP contribution in [0, 0.1) is 13.8 Å². The Morgan fingerprint density at radius 2 is 1.80 bits per heavy atom. The van der Waals surface area contributed by atoms with Crippen molar-refractivity contribution in [2.45, 2.75) is 39.8 Å². The summed E-state index contributed by atoms with van der Waals surface area (Å²) in [6, 6.07) is 15.5. The SMILES string of the molecule is CCC(NC(=O)c1ccc(Cn2nc(C)cc2C)cc1)c1ccc2c(c1)OCCO2. The van der Waals surface area contributed by atoms with Crippen molar-refractivity contribution in [3.63, 3.8) is 0 Å². The fourth-order valence-corrected chi connectivity index (χ4v) is 3.71. The van der Waals surface area contributed by atoms with E-state index in [0.717, 1.165) is 40.4 Å². The molecule has 1 unspecified atom stereocenters. The van der Waals surface area contributed by atoms with Crippen LogP contribution < -0.4 is 14.8 Å². The zero-order valence-electron chi connectivity index (χ0n) is 17.6. The van der Waals surface area contributed by atoms with Crippen molar-refractivity contribution >= 4 is 5.91 Å². The highest BCUT2D eigenvalue weighted by Crippen LogP contribution is 2.33. The minimum absolute atomic E-state index is 0.0885. The van der Waals surface area contributed by atoms with Gasteiger partial charge in [0.05, 0.1) is 18.3 Å². The maximum Gasteiger partial charge on any atom is 0.251 e. The van der Waals surface area contributed by atoms with Crippen LogP contribution in [0.1, 0.15) is 52.3 Å². The predicted molar refractivity (Wildman–Crippen MR) is 115 cm³/mol. The molecule has 6 nitrogen and oxygen atoms in total. The number of carbonyl (C=O) groups is 1. The lowest BCUT2D eigenvalue weighted by molar-refractivity contribution is 0.0935. The Morgan fingerprint density at radius 1 is 1.07 bits per heavy atom. The third-order valence-electron chi connectivity index (χ3n) is 5.33. The first-order valence-corrected chi connectivity index (χ1v) is 10.3. The first-order valence-electron chi connectivity index (χ1n) is 10.3. The standard InChI is InChI=1S/C24H27N3O3/c1-4-21(20-9-10-22-23(14-20)30-12-11-29-22)25-24(28)19-7-5-18(6-8-19)15-27-17(3)13-16(2)26-27/h5-10,13-14,21H,4,11-12,15H2,1-3H3,(H,25,28). The number of fused-ring (bicyclic) bond motifs is 1. The lowest BCUT2D eigenvalue weighted by Gasteiger charge is -2.22. The normalized spacial score (nSPS) is 13.7. The molecule has 6 heteroatoms. The Balaban J connectivity index is 1.44. The molecule has 1 atom stereocenters. The largest absolute Gasteiger partial charge is 0.486 e. The van der Waals surface area contributed by atoms with E-state index in [-0.39, 0.29) is 11.9 Å². The molecule has 1 aromatic heterocycles. The van der Waals surface area contributed by atoms with Gasteiger partial charge in [-0.3, -0.25) is 9.48 Å². The molecular formula is C24H27N3O3.